The maximum atomic E-state index is 9.17. The summed E-state index contributed by atoms with van der Waals surface area (Å²) in [6.07, 6.45) is 3.71. The fraction of sp³-hybridized carbons (Fsp3) is 0.562. The Kier molecular flexibility index (Phi) is 5.87. The molecule has 0 amide bonds. The second-order valence-corrected chi connectivity index (χ2v) is 5.17. The molecule has 1 atom stereocenters. The molecule has 0 heterocycles. The third kappa shape index (κ3) is 5.42. The van der Waals surface area contributed by atoms with Crippen molar-refractivity contribution in [3.05, 3.63) is 35.9 Å². The van der Waals surface area contributed by atoms with Crippen LogP contribution in [0, 0.1) is 17.2 Å². The van der Waals surface area contributed by atoms with Gasteiger partial charge in [-0.05, 0) is 37.3 Å². The van der Waals surface area contributed by atoms with E-state index in [1.807, 2.05) is 30.3 Å². The minimum atomic E-state index is -0.0615. The van der Waals surface area contributed by atoms with Gasteiger partial charge in [0.05, 0.1) is 12.0 Å². The van der Waals surface area contributed by atoms with Crippen LogP contribution in [0.2, 0.25) is 0 Å². The van der Waals surface area contributed by atoms with E-state index in [0.29, 0.717) is 6.54 Å². The van der Waals surface area contributed by atoms with Crippen molar-refractivity contribution in [2.45, 2.75) is 25.2 Å². The topological polar surface area (TPSA) is 45.0 Å². The van der Waals surface area contributed by atoms with Crippen molar-refractivity contribution in [1.82, 2.24) is 5.32 Å². The summed E-state index contributed by atoms with van der Waals surface area (Å²) in [6, 6.07) is 12.3. The number of benzene rings is 1. The third-order valence-electron chi connectivity index (χ3n) is 3.40. The van der Waals surface area contributed by atoms with Gasteiger partial charge in [-0.2, -0.15) is 5.26 Å². The Bertz CT molecular complexity index is 395. The highest BCUT2D eigenvalue weighted by molar-refractivity contribution is 5.24. The first-order valence-corrected chi connectivity index (χ1v) is 7.13. The van der Waals surface area contributed by atoms with Crippen LogP contribution in [0.3, 0.4) is 0 Å². The molecule has 0 aromatic heterocycles. The molecule has 1 saturated carbocycles. The molecule has 19 heavy (non-hydrogen) atoms. The van der Waals surface area contributed by atoms with Gasteiger partial charge in [-0.1, -0.05) is 30.3 Å². The van der Waals surface area contributed by atoms with Crippen molar-refractivity contribution in [2.24, 2.45) is 5.92 Å². The molecule has 0 saturated heterocycles. The number of ether oxygens (including phenoxy) is 1. The van der Waals surface area contributed by atoms with Crippen molar-refractivity contribution < 1.29 is 4.74 Å². The second-order valence-electron chi connectivity index (χ2n) is 5.17. The molecule has 3 heteroatoms. The van der Waals surface area contributed by atoms with E-state index in [4.69, 9.17) is 4.74 Å². The summed E-state index contributed by atoms with van der Waals surface area (Å²) in [5, 5.41) is 12.5. The number of rotatable bonds is 9. The van der Waals surface area contributed by atoms with Gasteiger partial charge in [-0.15, -0.1) is 0 Å². The molecule has 1 aromatic rings. The van der Waals surface area contributed by atoms with Crippen LogP contribution in [-0.4, -0.2) is 26.3 Å². The Morgan fingerprint density at radius 1 is 1.32 bits per heavy atom. The summed E-state index contributed by atoms with van der Waals surface area (Å²) in [5.74, 6) is 0.780. The van der Waals surface area contributed by atoms with E-state index in [0.717, 1.165) is 37.7 Å². The van der Waals surface area contributed by atoms with Gasteiger partial charge in [0.25, 0.3) is 0 Å². The highest BCUT2D eigenvalue weighted by atomic mass is 16.5. The second kappa shape index (κ2) is 7.93. The van der Waals surface area contributed by atoms with Crippen LogP contribution < -0.4 is 5.32 Å². The smallest absolute Gasteiger partial charge is 0.0837 e. The lowest BCUT2D eigenvalue weighted by Crippen LogP contribution is -2.23. The normalized spacial score (nSPS) is 15.9. The Labute approximate surface area is 115 Å². The van der Waals surface area contributed by atoms with Gasteiger partial charge in [0, 0.05) is 19.8 Å². The van der Waals surface area contributed by atoms with E-state index >= 15 is 0 Å². The average Bonchev–Trinajstić information content (AvgIpc) is 3.27. The van der Waals surface area contributed by atoms with Crippen LogP contribution in [0.1, 0.15) is 30.7 Å². The predicted octanol–water partition coefficient (Wildman–Crippen LogP) is 2.70. The van der Waals surface area contributed by atoms with E-state index < -0.39 is 0 Å². The molecular weight excluding hydrogens is 236 g/mol. The summed E-state index contributed by atoms with van der Waals surface area (Å²) in [4.78, 5) is 0. The van der Waals surface area contributed by atoms with Crippen molar-refractivity contribution in [3.8, 4) is 6.07 Å². The number of nitrogens with zero attached hydrogens (tertiary/aromatic N) is 1. The van der Waals surface area contributed by atoms with E-state index in [1.165, 1.54) is 12.8 Å². The molecule has 1 fully saturated rings. The molecule has 2 rings (SSSR count). The Hall–Kier alpha value is -1.37. The summed E-state index contributed by atoms with van der Waals surface area (Å²) >= 11 is 0. The van der Waals surface area contributed by atoms with Crippen molar-refractivity contribution in [1.29, 1.82) is 5.26 Å². The van der Waals surface area contributed by atoms with Gasteiger partial charge in [0.1, 0.15) is 0 Å². The molecule has 1 N–H and O–H groups in total. The highest BCUT2D eigenvalue weighted by Gasteiger charge is 2.20. The molecule has 1 unspecified atom stereocenters. The SMILES string of the molecule is N#CC(CNCCCOCC1CC1)c1ccccc1. The molecule has 1 aromatic carbocycles. The standard InChI is InChI=1S/C16H22N2O/c17-11-16(15-5-2-1-3-6-15)12-18-9-4-10-19-13-14-7-8-14/h1-3,5-6,14,16,18H,4,7-10,12-13H2. The molecular formula is C16H22N2O. The van der Waals surface area contributed by atoms with Gasteiger partial charge >= 0.3 is 0 Å². The Morgan fingerprint density at radius 3 is 2.79 bits per heavy atom. The lowest BCUT2D eigenvalue weighted by Gasteiger charge is -2.10. The first-order chi connectivity index (χ1) is 9.40. The molecule has 0 bridgehead atoms. The monoisotopic (exact) mass is 258 g/mol. The first kappa shape index (κ1) is 14.0. The van der Waals surface area contributed by atoms with Crippen LogP contribution in [0.4, 0.5) is 0 Å². The van der Waals surface area contributed by atoms with Crippen LogP contribution in [0.15, 0.2) is 30.3 Å². The van der Waals surface area contributed by atoms with Crippen LogP contribution >= 0.6 is 0 Å². The van der Waals surface area contributed by atoms with E-state index in [9.17, 15) is 5.26 Å². The van der Waals surface area contributed by atoms with E-state index in [2.05, 4.69) is 11.4 Å². The number of hydrogen-bond donors (Lipinski definition) is 1. The summed E-state index contributed by atoms with van der Waals surface area (Å²) in [5.41, 5.74) is 1.09. The van der Waals surface area contributed by atoms with Crippen LogP contribution in [0.5, 0.6) is 0 Å². The molecule has 0 aliphatic heterocycles. The van der Waals surface area contributed by atoms with E-state index in [1.54, 1.807) is 0 Å². The van der Waals surface area contributed by atoms with Crippen molar-refractivity contribution in [2.75, 3.05) is 26.3 Å². The summed E-state index contributed by atoms with van der Waals surface area (Å²) in [7, 11) is 0. The fourth-order valence-electron chi connectivity index (χ4n) is 2.00. The fourth-order valence-corrected chi connectivity index (χ4v) is 2.00. The highest BCUT2D eigenvalue weighted by Crippen LogP contribution is 2.28. The average molecular weight is 258 g/mol. The Morgan fingerprint density at radius 2 is 2.11 bits per heavy atom. The molecule has 102 valence electrons. The number of nitriles is 1. The van der Waals surface area contributed by atoms with Gasteiger partial charge in [-0.25, -0.2) is 0 Å². The van der Waals surface area contributed by atoms with Crippen molar-refractivity contribution >= 4 is 0 Å². The minimum Gasteiger partial charge on any atom is -0.381 e. The molecule has 3 nitrogen and oxygen atoms in total. The summed E-state index contributed by atoms with van der Waals surface area (Å²) in [6.45, 7) is 3.38. The number of hydrogen-bond acceptors (Lipinski definition) is 3. The van der Waals surface area contributed by atoms with Crippen LogP contribution in [0.25, 0.3) is 0 Å². The van der Waals surface area contributed by atoms with Gasteiger partial charge < -0.3 is 10.1 Å². The number of nitrogens with one attached hydrogen (secondary N) is 1. The van der Waals surface area contributed by atoms with Crippen molar-refractivity contribution in [3.63, 3.8) is 0 Å². The van der Waals surface area contributed by atoms with E-state index in [-0.39, 0.29) is 5.92 Å². The maximum absolute atomic E-state index is 9.17. The lowest BCUT2D eigenvalue weighted by atomic mass is 10.0. The molecule has 0 spiro atoms. The largest absolute Gasteiger partial charge is 0.381 e. The van der Waals surface area contributed by atoms with Gasteiger partial charge in [-0.3, -0.25) is 0 Å². The van der Waals surface area contributed by atoms with Crippen LogP contribution in [-0.2, 0) is 4.74 Å². The molecule has 1 aliphatic rings. The quantitative estimate of drug-likeness (QED) is 0.693. The van der Waals surface area contributed by atoms with Gasteiger partial charge in [0.2, 0.25) is 0 Å². The zero-order chi connectivity index (χ0) is 13.3. The Balaban J connectivity index is 1.54. The lowest BCUT2D eigenvalue weighted by molar-refractivity contribution is 0.122. The molecule has 0 radical (unpaired) electrons. The zero-order valence-corrected chi connectivity index (χ0v) is 11.3. The third-order valence-corrected chi connectivity index (χ3v) is 3.40. The van der Waals surface area contributed by atoms with Gasteiger partial charge in [0.15, 0.2) is 0 Å². The zero-order valence-electron chi connectivity index (χ0n) is 11.3. The summed E-state index contributed by atoms with van der Waals surface area (Å²) < 4.78 is 5.57. The predicted molar refractivity (Wildman–Crippen MR) is 75.8 cm³/mol. The first-order valence-electron chi connectivity index (χ1n) is 7.13. The molecule has 1 aliphatic carbocycles. The minimum absolute atomic E-state index is 0.0615. The maximum Gasteiger partial charge on any atom is 0.0837 e.